The highest BCUT2D eigenvalue weighted by molar-refractivity contribution is 7.99. The highest BCUT2D eigenvalue weighted by atomic mass is 35.5. The van der Waals surface area contributed by atoms with Crippen LogP contribution in [0.4, 0.5) is 5.69 Å². The van der Waals surface area contributed by atoms with Gasteiger partial charge >= 0.3 is 0 Å². The van der Waals surface area contributed by atoms with Gasteiger partial charge in [0.2, 0.25) is 5.91 Å². The second-order valence-electron chi connectivity index (χ2n) is 7.49. The molecule has 5 rings (SSSR count). The SMILES string of the molecule is COc1ccc(NC(=O)CSc2nnc(Cn3nnc4ccccc43)n2-c2ccccc2)cc1Cl. The molecule has 0 bridgehead atoms. The zero-order chi connectivity index (χ0) is 24.2. The summed E-state index contributed by atoms with van der Waals surface area (Å²) in [4.78, 5) is 12.6. The summed E-state index contributed by atoms with van der Waals surface area (Å²) in [6.45, 7) is 0.375. The summed E-state index contributed by atoms with van der Waals surface area (Å²) < 4.78 is 8.87. The molecule has 35 heavy (non-hydrogen) atoms. The van der Waals surface area contributed by atoms with Gasteiger partial charge in [-0.3, -0.25) is 9.36 Å². The lowest BCUT2D eigenvalue weighted by molar-refractivity contribution is -0.113. The van der Waals surface area contributed by atoms with E-state index in [1.165, 1.54) is 11.8 Å². The van der Waals surface area contributed by atoms with Crippen molar-refractivity contribution in [3.63, 3.8) is 0 Å². The van der Waals surface area contributed by atoms with E-state index < -0.39 is 0 Å². The van der Waals surface area contributed by atoms with Gasteiger partial charge in [-0.05, 0) is 42.5 Å². The number of fused-ring (bicyclic) bond motifs is 1. The van der Waals surface area contributed by atoms with Crippen LogP contribution in [-0.2, 0) is 11.3 Å². The normalized spacial score (nSPS) is 11.0. The third-order valence-electron chi connectivity index (χ3n) is 5.19. The molecule has 0 saturated carbocycles. The molecule has 2 aromatic heterocycles. The summed E-state index contributed by atoms with van der Waals surface area (Å²) >= 11 is 7.45. The van der Waals surface area contributed by atoms with Crippen LogP contribution < -0.4 is 10.1 Å². The number of hydrogen-bond donors (Lipinski definition) is 1. The first-order valence-corrected chi connectivity index (χ1v) is 12.0. The highest BCUT2D eigenvalue weighted by Gasteiger charge is 2.18. The number of halogens is 1. The van der Waals surface area contributed by atoms with Gasteiger partial charge in [-0.1, -0.05) is 58.9 Å². The van der Waals surface area contributed by atoms with E-state index in [-0.39, 0.29) is 11.7 Å². The lowest BCUT2D eigenvalue weighted by atomic mass is 10.3. The Labute approximate surface area is 210 Å². The van der Waals surface area contributed by atoms with Crippen LogP contribution in [-0.4, -0.2) is 48.5 Å². The van der Waals surface area contributed by atoms with Crippen molar-refractivity contribution in [2.45, 2.75) is 11.7 Å². The van der Waals surface area contributed by atoms with E-state index in [2.05, 4.69) is 25.8 Å². The molecular weight excluding hydrogens is 486 g/mol. The molecule has 0 unspecified atom stereocenters. The molecule has 0 saturated heterocycles. The highest BCUT2D eigenvalue weighted by Crippen LogP contribution is 2.28. The molecule has 0 aliphatic rings. The molecule has 9 nitrogen and oxygen atoms in total. The maximum atomic E-state index is 12.6. The number of anilines is 1. The Kier molecular flexibility index (Phi) is 6.64. The predicted molar refractivity (Wildman–Crippen MR) is 135 cm³/mol. The first-order chi connectivity index (χ1) is 17.1. The third kappa shape index (κ3) is 4.98. The topological polar surface area (TPSA) is 99.8 Å². The number of nitrogens with one attached hydrogen (secondary N) is 1. The van der Waals surface area contributed by atoms with Crippen LogP contribution in [0.1, 0.15) is 5.82 Å². The van der Waals surface area contributed by atoms with Crippen molar-refractivity contribution in [3.05, 3.63) is 83.6 Å². The van der Waals surface area contributed by atoms with Crippen molar-refractivity contribution in [2.75, 3.05) is 18.2 Å². The number of rotatable bonds is 8. The molecule has 0 aliphatic heterocycles. The zero-order valence-electron chi connectivity index (χ0n) is 18.6. The number of carbonyl (C=O) groups is 1. The summed E-state index contributed by atoms with van der Waals surface area (Å²) in [5.74, 6) is 1.17. The van der Waals surface area contributed by atoms with Gasteiger partial charge in [-0.2, -0.15) is 0 Å². The Hall–Kier alpha value is -3.89. The standard InChI is InChI=1S/C24H20ClN7O2S/c1-34-21-12-11-16(13-18(21)25)26-23(33)15-35-24-29-28-22(32(24)17-7-3-2-4-8-17)14-31-20-10-6-5-9-19(20)27-30-31/h2-13H,14-15H2,1H3,(H,26,33). The lowest BCUT2D eigenvalue weighted by Crippen LogP contribution is -2.15. The summed E-state index contributed by atoms with van der Waals surface area (Å²) in [5, 5.41) is 21.1. The Morgan fingerprint density at radius 2 is 1.83 bits per heavy atom. The van der Waals surface area contributed by atoms with Crippen LogP contribution in [0, 0.1) is 0 Å². The van der Waals surface area contributed by atoms with Crippen molar-refractivity contribution in [1.29, 1.82) is 0 Å². The summed E-state index contributed by atoms with van der Waals surface area (Å²) in [6, 6.07) is 22.6. The number of ether oxygens (including phenoxy) is 1. The first-order valence-electron chi connectivity index (χ1n) is 10.7. The number of methoxy groups -OCH3 is 1. The average Bonchev–Trinajstić information content (AvgIpc) is 3.48. The fourth-order valence-corrected chi connectivity index (χ4v) is 4.60. The van der Waals surface area contributed by atoms with Gasteiger partial charge in [-0.25, -0.2) is 4.68 Å². The molecule has 1 N–H and O–H groups in total. The minimum Gasteiger partial charge on any atom is -0.495 e. The van der Waals surface area contributed by atoms with Crippen LogP contribution in [0.15, 0.2) is 78.0 Å². The second-order valence-corrected chi connectivity index (χ2v) is 8.84. The molecule has 0 radical (unpaired) electrons. The van der Waals surface area contributed by atoms with Gasteiger partial charge in [0.15, 0.2) is 11.0 Å². The molecule has 0 spiro atoms. The molecule has 0 fully saturated rings. The minimum atomic E-state index is -0.192. The fourth-order valence-electron chi connectivity index (χ4n) is 3.57. The number of nitrogens with zero attached hydrogens (tertiary/aromatic N) is 6. The molecule has 2 heterocycles. The predicted octanol–water partition coefficient (Wildman–Crippen LogP) is 4.45. The van der Waals surface area contributed by atoms with Crippen LogP contribution in [0.25, 0.3) is 16.7 Å². The van der Waals surface area contributed by atoms with E-state index in [0.29, 0.717) is 34.0 Å². The van der Waals surface area contributed by atoms with Crippen molar-refractivity contribution in [3.8, 4) is 11.4 Å². The number of thioether (sulfide) groups is 1. The van der Waals surface area contributed by atoms with Gasteiger partial charge in [0.05, 0.1) is 23.4 Å². The minimum absolute atomic E-state index is 0.140. The molecular formula is C24H20ClN7O2S. The lowest BCUT2D eigenvalue weighted by Gasteiger charge is -2.11. The van der Waals surface area contributed by atoms with Gasteiger partial charge in [0.25, 0.3) is 0 Å². The fraction of sp³-hybridized carbons (Fsp3) is 0.125. The Morgan fingerprint density at radius 1 is 1.03 bits per heavy atom. The monoisotopic (exact) mass is 505 g/mol. The van der Waals surface area contributed by atoms with Crippen LogP contribution in [0.5, 0.6) is 5.75 Å². The summed E-state index contributed by atoms with van der Waals surface area (Å²) in [6.07, 6.45) is 0. The third-order valence-corrected chi connectivity index (χ3v) is 6.42. The Bertz CT molecular complexity index is 1490. The van der Waals surface area contributed by atoms with Gasteiger partial charge in [0.1, 0.15) is 17.8 Å². The van der Waals surface area contributed by atoms with E-state index in [0.717, 1.165) is 16.7 Å². The van der Waals surface area contributed by atoms with E-state index >= 15 is 0 Å². The quantitative estimate of drug-likeness (QED) is 0.311. The van der Waals surface area contributed by atoms with Crippen molar-refractivity contribution >= 4 is 46.0 Å². The van der Waals surface area contributed by atoms with Gasteiger partial charge in [0, 0.05) is 11.4 Å². The molecule has 3 aromatic carbocycles. The number of amides is 1. The first kappa shape index (κ1) is 22.9. The number of para-hydroxylation sites is 2. The van der Waals surface area contributed by atoms with Crippen molar-refractivity contribution in [1.82, 2.24) is 29.8 Å². The zero-order valence-corrected chi connectivity index (χ0v) is 20.2. The number of benzene rings is 3. The van der Waals surface area contributed by atoms with Crippen LogP contribution >= 0.6 is 23.4 Å². The Morgan fingerprint density at radius 3 is 2.63 bits per heavy atom. The average molecular weight is 506 g/mol. The number of hydrogen-bond acceptors (Lipinski definition) is 7. The van der Waals surface area contributed by atoms with Gasteiger partial charge in [-0.15, -0.1) is 15.3 Å². The number of carbonyl (C=O) groups excluding carboxylic acids is 1. The van der Waals surface area contributed by atoms with Crippen LogP contribution in [0.2, 0.25) is 5.02 Å². The largest absolute Gasteiger partial charge is 0.495 e. The summed E-state index contributed by atoms with van der Waals surface area (Å²) in [7, 11) is 1.54. The van der Waals surface area contributed by atoms with Crippen LogP contribution in [0.3, 0.4) is 0 Å². The van der Waals surface area contributed by atoms with E-state index in [9.17, 15) is 4.79 Å². The summed E-state index contributed by atoms with van der Waals surface area (Å²) in [5.41, 5.74) is 3.19. The van der Waals surface area contributed by atoms with E-state index in [1.54, 1.807) is 30.0 Å². The second kappa shape index (κ2) is 10.2. The van der Waals surface area contributed by atoms with Crippen molar-refractivity contribution in [2.24, 2.45) is 0 Å². The van der Waals surface area contributed by atoms with E-state index in [1.807, 2.05) is 59.2 Å². The molecule has 0 aliphatic carbocycles. The molecule has 5 aromatic rings. The molecule has 0 atom stereocenters. The molecule has 176 valence electrons. The smallest absolute Gasteiger partial charge is 0.234 e. The molecule has 11 heteroatoms. The molecule has 1 amide bonds. The van der Waals surface area contributed by atoms with Crippen molar-refractivity contribution < 1.29 is 9.53 Å². The van der Waals surface area contributed by atoms with E-state index in [4.69, 9.17) is 16.3 Å². The maximum absolute atomic E-state index is 12.6. The maximum Gasteiger partial charge on any atom is 0.234 e. The Balaban J connectivity index is 1.36. The van der Waals surface area contributed by atoms with Gasteiger partial charge < -0.3 is 10.1 Å². The number of aromatic nitrogens is 6.